The Morgan fingerprint density at radius 2 is 2.06 bits per heavy atom. The van der Waals surface area contributed by atoms with Gasteiger partial charge in [-0.1, -0.05) is 26.7 Å². The van der Waals surface area contributed by atoms with E-state index >= 15 is 0 Å². The molecule has 1 N–H and O–H groups in total. The molecular weight excluding hydrogens is 196 g/mol. The van der Waals surface area contributed by atoms with Crippen molar-refractivity contribution in [2.24, 2.45) is 11.8 Å². The van der Waals surface area contributed by atoms with Gasteiger partial charge in [-0.3, -0.25) is 0 Å². The van der Waals surface area contributed by atoms with E-state index in [1.165, 1.54) is 45.2 Å². The average molecular weight is 226 g/mol. The first-order valence-electron chi connectivity index (χ1n) is 7.01. The van der Waals surface area contributed by atoms with E-state index in [1.807, 2.05) is 0 Å². The van der Waals surface area contributed by atoms with Gasteiger partial charge in [-0.25, -0.2) is 0 Å². The molecule has 0 spiro atoms. The fraction of sp³-hybridized carbons (Fsp3) is 1.00. The van der Waals surface area contributed by atoms with Crippen LogP contribution in [0.5, 0.6) is 0 Å². The van der Waals surface area contributed by atoms with Crippen LogP contribution < -0.4 is 5.32 Å². The third kappa shape index (κ3) is 4.84. The molecular formula is C14H30N2. The minimum atomic E-state index is 0.706. The van der Waals surface area contributed by atoms with Gasteiger partial charge in [0.25, 0.3) is 0 Å². The molecule has 0 aromatic heterocycles. The molecule has 0 heterocycles. The van der Waals surface area contributed by atoms with Gasteiger partial charge in [0.05, 0.1) is 0 Å². The van der Waals surface area contributed by atoms with E-state index in [9.17, 15) is 0 Å². The molecule has 1 rings (SSSR count). The molecule has 2 heteroatoms. The van der Waals surface area contributed by atoms with E-state index in [1.54, 1.807) is 0 Å². The van der Waals surface area contributed by atoms with Crippen molar-refractivity contribution in [2.45, 2.75) is 52.0 Å². The molecule has 0 radical (unpaired) electrons. The Morgan fingerprint density at radius 3 is 2.62 bits per heavy atom. The van der Waals surface area contributed by atoms with Crippen LogP contribution in [0.25, 0.3) is 0 Å². The van der Waals surface area contributed by atoms with Crippen molar-refractivity contribution in [3.63, 3.8) is 0 Å². The molecule has 3 atom stereocenters. The summed E-state index contributed by atoms with van der Waals surface area (Å²) < 4.78 is 0. The molecule has 96 valence electrons. The predicted octanol–water partition coefficient (Wildman–Crippen LogP) is 2.74. The maximum Gasteiger partial charge on any atom is 0.0223 e. The molecule has 0 amide bonds. The van der Waals surface area contributed by atoms with Crippen LogP contribution in [0.15, 0.2) is 0 Å². The van der Waals surface area contributed by atoms with Crippen LogP contribution >= 0.6 is 0 Å². The molecule has 1 aliphatic carbocycles. The van der Waals surface area contributed by atoms with Gasteiger partial charge in [-0.15, -0.1) is 0 Å². The number of nitrogens with zero attached hydrogens (tertiary/aromatic N) is 1. The highest BCUT2D eigenvalue weighted by Crippen LogP contribution is 2.30. The van der Waals surface area contributed by atoms with E-state index in [2.05, 4.69) is 38.2 Å². The SMILES string of the molecule is CCCNC(CN(C)C)C1CCCC(C)C1. The molecule has 16 heavy (non-hydrogen) atoms. The summed E-state index contributed by atoms with van der Waals surface area (Å²) in [6, 6.07) is 0.706. The van der Waals surface area contributed by atoms with Gasteiger partial charge in [0, 0.05) is 12.6 Å². The lowest BCUT2D eigenvalue weighted by Gasteiger charge is -2.35. The van der Waals surface area contributed by atoms with Gasteiger partial charge in [-0.2, -0.15) is 0 Å². The lowest BCUT2D eigenvalue weighted by Crippen LogP contribution is -2.45. The zero-order valence-corrected chi connectivity index (χ0v) is 11.6. The minimum Gasteiger partial charge on any atom is -0.312 e. The van der Waals surface area contributed by atoms with Gasteiger partial charge < -0.3 is 10.2 Å². The van der Waals surface area contributed by atoms with Gasteiger partial charge in [0.15, 0.2) is 0 Å². The highest BCUT2D eigenvalue weighted by molar-refractivity contribution is 4.82. The first-order valence-corrected chi connectivity index (χ1v) is 7.01. The van der Waals surface area contributed by atoms with Crippen LogP contribution in [-0.2, 0) is 0 Å². The van der Waals surface area contributed by atoms with Crippen molar-refractivity contribution in [2.75, 3.05) is 27.2 Å². The Bertz CT molecular complexity index is 180. The van der Waals surface area contributed by atoms with E-state index < -0.39 is 0 Å². The first-order chi connectivity index (χ1) is 7.63. The largest absolute Gasteiger partial charge is 0.312 e. The third-order valence-corrected chi connectivity index (χ3v) is 3.76. The summed E-state index contributed by atoms with van der Waals surface area (Å²) in [5, 5.41) is 3.75. The third-order valence-electron chi connectivity index (χ3n) is 3.76. The van der Waals surface area contributed by atoms with Crippen molar-refractivity contribution in [3.05, 3.63) is 0 Å². The van der Waals surface area contributed by atoms with Crippen LogP contribution in [0.2, 0.25) is 0 Å². The topological polar surface area (TPSA) is 15.3 Å². The van der Waals surface area contributed by atoms with E-state index in [0.29, 0.717) is 6.04 Å². The predicted molar refractivity (Wildman–Crippen MR) is 71.8 cm³/mol. The molecule has 2 nitrogen and oxygen atoms in total. The lowest BCUT2D eigenvalue weighted by atomic mass is 9.78. The monoisotopic (exact) mass is 226 g/mol. The Kier molecular flexibility index (Phi) is 6.37. The fourth-order valence-electron chi connectivity index (χ4n) is 2.95. The molecule has 0 aliphatic heterocycles. The smallest absolute Gasteiger partial charge is 0.0223 e. The van der Waals surface area contributed by atoms with Crippen LogP contribution in [-0.4, -0.2) is 38.1 Å². The summed E-state index contributed by atoms with van der Waals surface area (Å²) in [5.74, 6) is 1.84. The normalized spacial score (nSPS) is 28.3. The molecule has 1 saturated carbocycles. The van der Waals surface area contributed by atoms with E-state index in [4.69, 9.17) is 0 Å². The molecule has 0 bridgehead atoms. The van der Waals surface area contributed by atoms with Crippen molar-refractivity contribution in [1.82, 2.24) is 10.2 Å². The standard InChI is InChI=1S/C14H30N2/c1-5-9-15-14(11-16(3)4)13-8-6-7-12(2)10-13/h12-15H,5-11H2,1-4H3. The summed E-state index contributed by atoms with van der Waals surface area (Å²) in [5.41, 5.74) is 0. The maximum absolute atomic E-state index is 3.75. The minimum absolute atomic E-state index is 0.706. The van der Waals surface area contributed by atoms with Gasteiger partial charge in [0.1, 0.15) is 0 Å². The molecule has 0 aromatic carbocycles. The Labute approximate surface area is 102 Å². The van der Waals surface area contributed by atoms with Gasteiger partial charge in [0.2, 0.25) is 0 Å². The second kappa shape index (κ2) is 7.29. The van der Waals surface area contributed by atoms with Crippen LogP contribution in [0.4, 0.5) is 0 Å². The summed E-state index contributed by atoms with van der Waals surface area (Å²) in [4.78, 5) is 2.33. The fourth-order valence-corrected chi connectivity index (χ4v) is 2.95. The summed E-state index contributed by atoms with van der Waals surface area (Å²) >= 11 is 0. The van der Waals surface area contributed by atoms with Crippen LogP contribution in [0.3, 0.4) is 0 Å². The summed E-state index contributed by atoms with van der Waals surface area (Å²) in [6.07, 6.45) is 6.98. The highest BCUT2D eigenvalue weighted by Gasteiger charge is 2.26. The van der Waals surface area contributed by atoms with Gasteiger partial charge in [-0.05, 0) is 51.7 Å². The van der Waals surface area contributed by atoms with E-state index in [0.717, 1.165) is 11.8 Å². The second-order valence-electron chi connectivity index (χ2n) is 5.85. The molecule has 1 aliphatic rings. The Balaban J connectivity index is 2.45. The number of hydrogen-bond donors (Lipinski definition) is 1. The average Bonchev–Trinajstić information content (AvgIpc) is 2.23. The lowest BCUT2D eigenvalue weighted by molar-refractivity contribution is 0.192. The summed E-state index contributed by atoms with van der Waals surface area (Å²) in [7, 11) is 4.37. The van der Waals surface area contributed by atoms with E-state index in [-0.39, 0.29) is 0 Å². The van der Waals surface area contributed by atoms with Crippen LogP contribution in [0, 0.1) is 11.8 Å². The number of rotatable bonds is 6. The number of likely N-dealkylation sites (N-methyl/N-ethyl adjacent to an activating group) is 1. The first kappa shape index (κ1) is 14.0. The zero-order valence-electron chi connectivity index (χ0n) is 11.6. The molecule has 3 unspecified atom stereocenters. The van der Waals surface area contributed by atoms with Crippen molar-refractivity contribution in [3.8, 4) is 0 Å². The Morgan fingerprint density at radius 1 is 1.31 bits per heavy atom. The second-order valence-corrected chi connectivity index (χ2v) is 5.85. The molecule has 0 aromatic rings. The van der Waals surface area contributed by atoms with Gasteiger partial charge >= 0.3 is 0 Å². The Hall–Kier alpha value is -0.0800. The molecule has 1 fully saturated rings. The number of hydrogen-bond acceptors (Lipinski definition) is 2. The van der Waals surface area contributed by atoms with Crippen molar-refractivity contribution in [1.29, 1.82) is 0 Å². The summed E-state index contributed by atoms with van der Waals surface area (Å²) in [6.45, 7) is 7.03. The quantitative estimate of drug-likeness (QED) is 0.749. The zero-order chi connectivity index (χ0) is 12.0. The maximum atomic E-state index is 3.75. The molecule has 0 saturated heterocycles. The number of nitrogens with one attached hydrogen (secondary N) is 1. The highest BCUT2D eigenvalue weighted by atomic mass is 15.1. The van der Waals surface area contributed by atoms with Crippen molar-refractivity contribution < 1.29 is 0 Å². The van der Waals surface area contributed by atoms with Crippen LogP contribution in [0.1, 0.15) is 46.0 Å². The van der Waals surface area contributed by atoms with Crippen molar-refractivity contribution >= 4 is 0 Å².